The highest BCUT2D eigenvalue weighted by Gasteiger charge is 2.54. The number of rotatable bonds is 12. The highest BCUT2D eigenvalue weighted by molar-refractivity contribution is 7.87. The maximum atomic E-state index is 12.8. The summed E-state index contributed by atoms with van der Waals surface area (Å²) in [4.78, 5) is 0. The van der Waals surface area contributed by atoms with Crippen molar-refractivity contribution in [2.24, 2.45) is 23.2 Å². The van der Waals surface area contributed by atoms with Crippen molar-refractivity contribution in [1.29, 1.82) is 0 Å². The summed E-state index contributed by atoms with van der Waals surface area (Å²) >= 11 is 0. The van der Waals surface area contributed by atoms with Gasteiger partial charge in [0.05, 0.1) is 18.8 Å². The second-order valence-electron chi connectivity index (χ2n) is 10.0. The summed E-state index contributed by atoms with van der Waals surface area (Å²) in [6.45, 7) is 12.2. The highest BCUT2D eigenvalue weighted by atomic mass is 32.2. The van der Waals surface area contributed by atoms with E-state index < -0.39 is 15.6 Å². The van der Waals surface area contributed by atoms with Gasteiger partial charge in [-0.15, -0.1) is 0 Å². The van der Waals surface area contributed by atoms with Crippen LogP contribution in [0.4, 0.5) is 13.2 Å². The summed E-state index contributed by atoms with van der Waals surface area (Å²) < 4.78 is 77.5. The molecule has 0 saturated heterocycles. The number of hydrogen-bond donors (Lipinski definition) is 0. The molecule has 2 aliphatic rings. The predicted octanol–water partition coefficient (Wildman–Crippen LogP) is 6.20. The van der Waals surface area contributed by atoms with Crippen LogP contribution in [0.3, 0.4) is 0 Å². The van der Waals surface area contributed by atoms with Crippen molar-refractivity contribution in [2.45, 2.75) is 90.7 Å². The zero-order valence-electron chi connectivity index (χ0n) is 20.0. The van der Waals surface area contributed by atoms with Crippen molar-refractivity contribution in [3.8, 4) is 0 Å². The van der Waals surface area contributed by atoms with Gasteiger partial charge in [0.1, 0.15) is 5.76 Å². The molecule has 0 aromatic heterocycles. The lowest BCUT2D eigenvalue weighted by Crippen LogP contribution is -2.37. The zero-order valence-corrected chi connectivity index (χ0v) is 20.8. The van der Waals surface area contributed by atoms with Crippen LogP contribution in [-0.4, -0.2) is 39.3 Å². The lowest BCUT2D eigenvalue weighted by molar-refractivity contribution is -0.0539. The van der Waals surface area contributed by atoms with Crippen molar-refractivity contribution >= 4 is 10.1 Å². The van der Waals surface area contributed by atoms with Crippen molar-refractivity contribution in [3.05, 3.63) is 11.8 Å². The number of allylic oxidation sites excluding steroid dienone is 2. The Hall–Kier alpha value is -0.800. The minimum atomic E-state index is -5.63. The topological polar surface area (TPSA) is 61.8 Å². The maximum absolute atomic E-state index is 12.8. The van der Waals surface area contributed by atoms with E-state index in [1.165, 1.54) is 6.08 Å². The lowest BCUT2D eigenvalue weighted by atomic mass is 9.63. The summed E-state index contributed by atoms with van der Waals surface area (Å²) in [6, 6.07) is 0. The fourth-order valence-electron chi connectivity index (χ4n) is 5.60. The average Bonchev–Trinajstić information content (AvgIpc) is 3.02. The van der Waals surface area contributed by atoms with E-state index in [2.05, 4.69) is 31.9 Å². The van der Waals surface area contributed by atoms with Gasteiger partial charge in [-0.05, 0) is 76.2 Å². The number of hydrogen-bond acceptors (Lipinski definition) is 5. The monoisotopic (exact) mass is 484 g/mol. The van der Waals surface area contributed by atoms with Gasteiger partial charge in [0, 0.05) is 12.5 Å². The summed E-state index contributed by atoms with van der Waals surface area (Å²) in [7, 11) is -5.63. The standard InChI is InChI=1S/C23H39F3O5S/c1-6-29-15-16-30-21(3,4)13-7-9-17(2)18-11-12-19-20(10-8-14-22(18,19)5)31-32(27,28)23(24,25)26/h10,17-19H,6-9,11-16H2,1-5H3/t17-,18-,19+,22-/m1/s1. The number of fused-ring (bicyclic) bond motifs is 1. The van der Waals surface area contributed by atoms with Crippen LogP contribution >= 0.6 is 0 Å². The number of alkyl halides is 3. The molecule has 0 N–H and O–H groups in total. The van der Waals surface area contributed by atoms with Gasteiger partial charge >= 0.3 is 15.6 Å². The van der Waals surface area contributed by atoms with E-state index in [0.29, 0.717) is 44.5 Å². The summed E-state index contributed by atoms with van der Waals surface area (Å²) in [5.41, 5.74) is -5.90. The van der Waals surface area contributed by atoms with Crippen molar-refractivity contribution in [2.75, 3.05) is 19.8 Å². The van der Waals surface area contributed by atoms with Gasteiger partial charge in [0.15, 0.2) is 0 Å². The fraction of sp³-hybridized carbons (Fsp3) is 0.913. The van der Waals surface area contributed by atoms with Gasteiger partial charge < -0.3 is 13.7 Å². The molecule has 0 heterocycles. The minimum absolute atomic E-state index is 0.0189. The summed E-state index contributed by atoms with van der Waals surface area (Å²) in [5, 5.41) is 0. The molecule has 0 bridgehead atoms. The largest absolute Gasteiger partial charge is 0.534 e. The first-order valence-corrected chi connectivity index (χ1v) is 13.1. The molecule has 0 spiro atoms. The van der Waals surface area contributed by atoms with Crippen LogP contribution in [0.2, 0.25) is 0 Å². The molecule has 1 saturated carbocycles. The van der Waals surface area contributed by atoms with E-state index in [9.17, 15) is 21.6 Å². The molecule has 0 amide bonds. The molecule has 0 aromatic carbocycles. The number of ether oxygens (including phenoxy) is 2. The van der Waals surface area contributed by atoms with Crippen molar-refractivity contribution < 1.29 is 35.2 Å². The van der Waals surface area contributed by atoms with E-state index in [1.54, 1.807) is 0 Å². The SMILES string of the molecule is CCOCCOC(C)(C)CCC[C@@H](C)[C@H]1CC[C@H]2C(OS(=O)(=O)C(F)(F)F)=CCC[C@]12C. The van der Waals surface area contributed by atoms with Gasteiger partial charge in [-0.1, -0.05) is 26.7 Å². The molecular weight excluding hydrogens is 445 g/mol. The van der Waals surface area contributed by atoms with Crippen LogP contribution in [0.5, 0.6) is 0 Å². The van der Waals surface area contributed by atoms with Crippen LogP contribution in [0, 0.1) is 23.2 Å². The van der Waals surface area contributed by atoms with Crippen LogP contribution in [0.1, 0.15) is 79.6 Å². The van der Waals surface area contributed by atoms with Crippen LogP contribution < -0.4 is 0 Å². The van der Waals surface area contributed by atoms with Gasteiger partial charge in [-0.2, -0.15) is 21.6 Å². The first-order chi connectivity index (χ1) is 14.7. The van der Waals surface area contributed by atoms with Crippen LogP contribution in [0.25, 0.3) is 0 Å². The number of halogens is 3. The Kier molecular flexibility index (Phi) is 9.12. The average molecular weight is 485 g/mol. The summed E-state index contributed by atoms with van der Waals surface area (Å²) in [5.74, 6) is 0.381. The molecule has 4 atom stereocenters. The molecule has 5 nitrogen and oxygen atoms in total. The maximum Gasteiger partial charge on any atom is 0.534 e. The molecule has 2 rings (SSSR count). The van der Waals surface area contributed by atoms with Crippen molar-refractivity contribution in [3.63, 3.8) is 0 Å². The van der Waals surface area contributed by atoms with Gasteiger partial charge in [0.2, 0.25) is 0 Å². The Morgan fingerprint density at radius 1 is 1.22 bits per heavy atom. The smallest absolute Gasteiger partial charge is 0.381 e. The Morgan fingerprint density at radius 3 is 2.53 bits per heavy atom. The van der Waals surface area contributed by atoms with E-state index >= 15 is 0 Å². The molecule has 9 heteroatoms. The molecule has 32 heavy (non-hydrogen) atoms. The third-order valence-electron chi connectivity index (χ3n) is 7.32. The molecule has 0 aliphatic heterocycles. The van der Waals surface area contributed by atoms with E-state index in [0.717, 1.165) is 32.1 Å². The van der Waals surface area contributed by atoms with Crippen molar-refractivity contribution in [1.82, 2.24) is 0 Å². The first kappa shape index (κ1) is 27.4. The van der Waals surface area contributed by atoms with Gasteiger partial charge in [-0.3, -0.25) is 0 Å². The molecule has 2 aliphatic carbocycles. The quantitative estimate of drug-likeness (QED) is 0.187. The Morgan fingerprint density at radius 2 is 1.91 bits per heavy atom. The molecule has 0 radical (unpaired) electrons. The molecule has 188 valence electrons. The van der Waals surface area contributed by atoms with Gasteiger partial charge in [0.25, 0.3) is 0 Å². The molecule has 1 fully saturated rings. The molecular formula is C23H39F3O5S. The third kappa shape index (κ3) is 6.63. The zero-order chi connectivity index (χ0) is 24.2. The normalized spacial score (nSPS) is 27.7. The van der Waals surface area contributed by atoms with Crippen LogP contribution in [0.15, 0.2) is 11.8 Å². The van der Waals surface area contributed by atoms with Crippen LogP contribution in [-0.2, 0) is 23.8 Å². The predicted molar refractivity (Wildman–Crippen MR) is 117 cm³/mol. The fourth-order valence-corrected chi connectivity index (χ4v) is 6.14. The second-order valence-corrected chi connectivity index (χ2v) is 11.6. The Bertz CT molecular complexity index is 747. The first-order valence-electron chi connectivity index (χ1n) is 11.7. The van der Waals surface area contributed by atoms with E-state index in [4.69, 9.17) is 9.47 Å². The van der Waals surface area contributed by atoms with Gasteiger partial charge in [-0.25, -0.2) is 0 Å². The third-order valence-corrected chi connectivity index (χ3v) is 8.30. The molecule has 0 unspecified atom stereocenters. The lowest BCUT2D eigenvalue weighted by Gasteiger charge is -2.42. The summed E-state index contributed by atoms with van der Waals surface area (Å²) in [6.07, 6.45) is 7.30. The highest BCUT2D eigenvalue weighted by Crippen LogP contribution is 2.59. The minimum Gasteiger partial charge on any atom is -0.381 e. The second kappa shape index (κ2) is 10.6. The van der Waals surface area contributed by atoms with E-state index in [-0.39, 0.29) is 22.7 Å². The Balaban J connectivity index is 1.94. The Labute approximate surface area is 191 Å². The molecule has 0 aromatic rings. The van der Waals surface area contributed by atoms with E-state index in [1.807, 2.05) is 6.92 Å².